The zero-order chi connectivity index (χ0) is 21.6. The molecule has 0 aliphatic rings. The molecule has 0 spiro atoms. The van der Waals surface area contributed by atoms with Crippen LogP contribution in [0.3, 0.4) is 0 Å². The van der Waals surface area contributed by atoms with E-state index in [1.54, 1.807) is 31.2 Å². The van der Waals surface area contributed by atoms with Gasteiger partial charge in [0.15, 0.2) is 0 Å². The lowest BCUT2D eigenvalue weighted by Crippen LogP contribution is -2.40. The van der Waals surface area contributed by atoms with Crippen LogP contribution in [0.15, 0.2) is 48.5 Å². The molecule has 2 aromatic rings. The Hall–Kier alpha value is -2.80. The molecule has 7 heteroatoms. The number of hydrogen-bond donors (Lipinski definition) is 2. The first kappa shape index (κ1) is 22.5. The highest BCUT2D eigenvalue weighted by atomic mass is 19.3. The van der Waals surface area contributed by atoms with Crippen molar-refractivity contribution in [3.05, 3.63) is 70.8 Å². The fourth-order valence-electron chi connectivity index (χ4n) is 2.81. The summed E-state index contributed by atoms with van der Waals surface area (Å²) in [6.45, 7) is 5.64. The molecule has 1 amide bonds. The summed E-state index contributed by atoms with van der Waals surface area (Å²) in [6, 6.07) is 11.8. The molecular formula is C22H25F2NO4. The number of carboxylic acids is 1. The Morgan fingerprint density at radius 3 is 2.00 bits per heavy atom. The lowest BCUT2D eigenvalue weighted by Gasteiger charge is -2.23. The van der Waals surface area contributed by atoms with Crippen molar-refractivity contribution in [1.29, 1.82) is 0 Å². The number of carboxylic acid groups (broad SMARTS) is 1. The Labute approximate surface area is 168 Å². The van der Waals surface area contributed by atoms with Gasteiger partial charge in [0, 0.05) is 5.56 Å². The summed E-state index contributed by atoms with van der Waals surface area (Å²) in [4.78, 5) is 23.6. The van der Waals surface area contributed by atoms with E-state index in [2.05, 4.69) is 5.32 Å². The number of carbonyl (C=O) groups is 2. The summed E-state index contributed by atoms with van der Waals surface area (Å²) in [5, 5.41) is 11.8. The average molecular weight is 405 g/mol. The van der Waals surface area contributed by atoms with E-state index in [9.17, 15) is 18.4 Å². The number of amides is 1. The second-order valence-electron chi connectivity index (χ2n) is 7.18. The topological polar surface area (TPSA) is 75.6 Å². The molecule has 0 fully saturated rings. The molecule has 29 heavy (non-hydrogen) atoms. The zero-order valence-electron chi connectivity index (χ0n) is 16.6. The van der Waals surface area contributed by atoms with E-state index in [0.29, 0.717) is 5.56 Å². The van der Waals surface area contributed by atoms with E-state index in [-0.39, 0.29) is 35.6 Å². The Morgan fingerprint density at radius 1 is 0.966 bits per heavy atom. The predicted molar refractivity (Wildman–Crippen MR) is 105 cm³/mol. The normalized spacial score (nSPS) is 13.3. The summed E-state index contributed by atoms with van der Waals surface area (Å²) in [5.74, 6) is -1.40. The van der Waals surface area contributed by atoms with Gasteiger partial charge in [-0.15, -0.1) is 0 Å². The van der Waals surface area contributed by atoms with Crippen LogP contribution in [0, 0.1) is 5.92 Å². The molecule has 2 unspecified atom stereocenters. The third kappa shape index (κ3) is 6.35. The summed E-state index contributed by atoms with van der Waals surface area (Å²) in [7, 11) is 0. The van der Waals surface area contributed by atoms with Crippen molar-refractivity contribution < 1.29 is 28.2 Å². The number of nitrogens with one attached hydrogen (secondary N) is 1. The van der Waals surface area contributed by atoms with Crippen molar-refractivity contribution in [3.8, 4) is 0 Å². The number of halogens is 2. The van der Waals surface area contributed by atoms with Gasteiger partial charge in [-0.05, 0) is 36.1 Å². The van der Waals surface area contributed by atoms with Gasteiger partial charge in [-0.2, -0.15) is 0 Å². The van der Waals surface area contributed by atoms with E-state index in [1.807, 2.05) is 13.8 Å². The van der Waals surface area contributed by atoms with Crippen LogP contribution in [0.5, 0.6) is 0 Å². The highest BCUT2D eigenvalue weighted by molar-refractivity contribution is 5.87. The Balaban J connectivity index is 1.98. The van der Waals surface area contributed by atoms with Gasteiger partial charge in [-0.1, -0.05) is 50.2 Å². The van der Waals surface area contributed by atoms with Crippen LogP contribution < -0.4 is 5.32 Å². The average Bonchev–Trinajstić information content (AvgIpc) is 2.68. The second kappa shape index (κ2) is 10.1. The first-order valence-electron chi connectivity index (χ1n) is 9.31. The summed E-state index contributed by atoms with van der Waals surface area (Å²) < 4.78 is 31.0. The van der Waals surface area contributed by atoms with Crippen LogP contribution in [0.1, 0.15) is 60.3 Å². The first-order chi connectivity index (χ1) is 13.7. The van der Waals surface area contributed by atoms with Crippen LogP contribution in [0.4, 0.5) is 8.78 Å². The molecule has 0 aliphatic carbocycles. The van der Waals surface area contributed by atoms with Crippen molar-refractivity contribution in [3.63, 3.8) is 0 Å². The van der Waals surface area contributed by atoms with Crippen LogP contribution >= 0.6 is 0 Å². The minimum Gasteiger partial charge on any atom is -0.478 e. The maximum absolute atomic E-state index is 12.7. The molecule has 2 aromatic carbocycles. The number of aromatic carboxylic acids is 1. The maximum Gasteiger partial charge on any atom is 0.335 e. The minimum atomic E-state index is -2.52. The van der Waals surface area contributed by atoms with E-state index < -0.39 is 18.5 Å². The molecule has 0 aromatic heterocycles. The van der Waals surface area contributed by atoms with Crippen molar-refractivity contribution in [1.82, 2.24) is 5.32 Å². The fourth-order valence-corrected chi connectivity index (χ4v) is 2.81. The second-order valence-corrected chi connectivity index (χ2v) is 7.18. The summed E-state index contributed by atoms with van der Waals surface area (Å²) in [6.07, 6.45) is -3.24. The van der Waals surface area contributed by atoms with Gasteiger partial charge in [0.1, 0.15) is 6.10 Å². The number of hydrogen-bond acceptors (Lipinski definition) is 3. The van der Waals surface area contributed by atoms with Crippen LogP contribution in [-0.4, -0.2) is 23.1 Å². The molecule has 0 heterocycles. The lowest BCUT2D eigenvalue weighted by atomic mass is 10.0. The van der Waals surface area contributed by atoms with Crippen LogP contribution in [-0.2, 0) is 16.1 Å². The first-order valence-corrected chi connectivity index (χ1v) is 9.31. The Morgan fingerprint density at radius 2 is 1.52 bits per heavy atom. The quantitative estimate of drug-likeness (QED) is 0.632. The SMILES string of the molecule is CC(NC(=O)C(OCc1ccc(C(F)F)cc1)C(C)C)c1ccc(C(=O)O)cc1. The van der Waals surface area contributed by atoms with Crippen LogP contribution in [0.25, 0.3) is 0 Å². The molecule has 2 rings (SSSR count). The number of carbonyl (C=O) groups excluding carboxylic acids is 1. The zero-order valence-corrected chi connectivity index (χ0v) is 16.6. The fraction of sp³-hybridized carbons (Fsp3) is 0.364. The molecule has 2 atom stereocenters. The largest absolute Gasteiger partial charge is 0.478 e. The van der Waals surface area contributed by atoms with E-state index in [0.717, 1.165) is 5.56 Å². The third-order valence-electron chi connectivity index (χ3n) is 4.54. The number of benzene rings is 2. The summed E-state index contributed by atoms with van der Waals surface area (Å²) >= 11 is 0. The standard InChI is InChI=1S/C22H25F2NO4/c1-13(2)19(29-12-15-4-6-17(7-5-15)20(23)24)21(26)25-14(3)16-8-10-18(11-9-16)22(27)28/h4-11,13-14,19-20H,12H2,1-3H3,(H,25,26)(H,27,28). The summed E-state index contributed by atoms with van der Waals surface area (Å²) in [5.41, 5.74) is 1.58. The molecule has 5 nitrogen and oxygen atoms in total. The van der Waals surface area contributed by atoms with E-state index in [4.69, 9.17) is 9.84 Å². The third-order valence-corrected chi connectivity index (χ3v) is 4.54. The van der Waals surface area contributed by atoms with Gasteiger partial charge in [0.2, 0.25) is 5.91 Å². The molecular weight excluding hydrogens is 380 g/mol. The monoisotopic (exact) mass is 405 g/mol. The van der Waals surface area contributed by atoms with Crippen molar-refractivity contribution in [2.24, 2.45) is 5.92 Å². The van der Waals surface area contributed by atoms with E-state index in [1.165, 1.54) is 24.3 Å². The van der Waals surface area contributed by atoms with Crippen LogP contribution in [0.2, 0.25) is 0 Å². The van der Waals surface area contributed by atoms with E-state index >= 15 is 0 Å². The number of ether oxygens (including phenoxy) is 1. The van der Waals surface area contributed by atoms with Gasteiger partial charge >= 0.3 is 5.97 Å². The van der Waals surface area contributed by atoms with Crippen molar-refractivity contribution in [2.75, 3.05) is 0 Å². The highest BCUT2D eigenvalue weighted by Crippen LogP contribution is 2.20. The van der Waals surface area contributed by atoms with Gasteiger partial charge in [0.05, 0.1) is 18.2 Å². The van der Waals surface area contributed by atoms with Crippen molar-refractivity contribution in [2.45, 2.75) is 45.9 Å². The Bertz CT molecular complexity index is 820. The predicted octanol–water partition coefficient (Wildman–Crippen LogP) is 4.74. The molecule has 2 N–H and O–H groups in total. The highest BCUT2D eigenvalue weighted by Gasteiger charge is 2.24. The molecule has 0 aliphatic heterocycles. The number of rotatable bonds is 9. The maximum atomic E-state index is 12.7. The smallest absolute Gasteiger partial charge is 0.335 e. The molecule has 0 bridgehead atoms. The number of alkyl halides is 2. The van der Waals surface area contributed by atoms with Gasteiger partial charge in [0.25, 0.3) is 6.43 Å². The lowest BCUT2D eigenvalue weighted by molar-refractivity contribution is -0.137. The Kier molecular flexibility index (Phi) is 7.84. The van der Waals surface area contributed by atoms with Gasteiger partial charge < -0.3 is 15.2 Å². The molecule has 0 radical (unpaired) electrons. The van der Waals surface area contributed by atoms with Crippen molar-refractivity contribution >= 4 is 11.9 Å². The minimum absolute atomic E-state index is 0.0605. The molecule has 0 saturated carbocycles. The van der Waals surface area contributed by atoms with Gasteiger partial charge in [-0.25, -0.2) is 13.6 Å². The van der Waals surface area contributed by atoms with Gasteiger partial charge in [-0.3, -0.25) is 4.79 Å². The molecule has 0 saturated heterocycles. The molecule has 156 valence electrons.